The van der Waals surface area contributed by atoms with Gasteiger partial charge in [-0.3, -0.25) is 14.8 Å². The van der Waals surface area contributed by atoms with Crippen LogP contribution in [0.3, 0.4) is 0 Å². The smallest absolute Gasteiger partial charge is 0.261 e. The second-order valence-electron chi connectivity index (χ2n) is 5.50. The zero-order valence-electron chi connectivity index (χ0n) is 13.9. The molecule has 7 heteroatoms. The standard InChI is InChI=1S/C17H19N5OS/c1-4-14-19-20-17(24-14)18-16(23)15-11(2)21-22(12(15)3)10-13-8-6-5-7-9-13/h5-9H,4,10H2,1-3H3,(H,18,20,23). The Labute approximate surface area is 144 Å². The summed E-state index contributed by atoms with van der Waals surface area (Å²) in [6.07, 6.45) is 0.806. The van der Waals surface area contributed by atoms with Crippen molar-refractivity contribution in [2.75, 3.05) is 5.32 Å². The molecular weight excluding hydrogens is 322 g/mol. The highest BCUT2D eigenvalue weighted by Crippen LogP contribution is 2.20. The number of hydrogen-bond donors (Lipinski definition) is 1. The lowest BCUT2D eigenvalue weighted by Gasteiger charge is -2.05. The van der Waals surface area contributed by atoms with Gasteiger partial charge in [-0.1, -0.05) is 48.6 Å². The average Bonchev–Trinajstić information content (AvgIpc) is 3.13. The van der Waals surface area contributed by atoms with Gasteiger partial charge in [0, 0.05) is 5.69 Å². The molecule has 1 N–H and O–H groups in total. The van der Waals surface area contributed by atoms with Crippen molar-refractivity contribution in [1.82, 2.24) is 20.0 Å². The largest absolute Gasteiger partial charge is 0.296 e. The van der Waals surface area contributed by atoms with E-state index in [1.165, 1.54) is 11.3 Å². The molecule has 2 aromatic heterocycles. The molecule has 3 aromatic rings. The van der Waals surface area contributed by atoms with E-state index in [1.54, 1.807) is 0 Å². The van der Waals surface area contributed by atoms with Crippen LogP contribution in [0.25, 0.3) is 0 Å². The van der Waals surface area contributed by atoms with Crippen LogP contribution in [0.4, 0.5) is 5.13 Å². The Hall–Kier alpha value is -2.54. The first-order chi connectivity index (χ1) is 11.6. The summed E-state index contributed by atoms with van der Waals surface area (Å²) < 4.78 is 1.86. The number of nitrogens with one attached hydrogen (secondary N) is 1. The SMILES string of the molecule is CCc1nnc(NC(=O)c2c(C)nn(Cc3ccccc3)c2C)s1. The molecule has 0 unspecified atom stereocenters. The normalized spacial score (nSPS) is 10.8. The fraction of sp³-hybridized carbons (Fsp3) is 0.294. The van der Waals surface area contributed by atoms with Gasteiger partial charge in [0.15, 0.2) is 0 Å². The van der Waals surface area contributed by atoms with Crippen LogP contribution in [0.2, 0.25) is 0 Å². The van der Waals surface area contributed by atoms with Crippen LogP contribution >= 0.6 is 11.3 Å². The summed E-state index contributed by atoms with van der Waals surface area (Å²) in [6.45, 7) is 6.41. The molecule has 0 atom stereocenters. The number of amides is 1. The Balaban J connectivity index is 1.81. The third-order valence-electron chi connectivity index (χ3n) is 3.77. The lowest BCUT2D eigenvalue weighted by atomic mass is 10.2. The maximum atomic E-state index is 12.6. The quantitative estimate of drug-likeness (QED) is 0.773. The number of aromatic nitrogens is 4. The van der Waals surface area contributed by atoms with Crippen LogP contribution in [0, 0.1) is 13.8 Å². The lowest BCUT2D eigenvalue weighted by molar-refractivity contribution is 0.102. The second kappa shape index (κ2) is 6.92. The van der Waals surface area contributed by atoms with Gasteiger partial charge in [-0.2, -0.15) is 5.10 Å². The molecule has 0 spiro atoms. The molecule has 0 saturated carbocycles. The molecule has 6 nitrogen and oxygen atoms in total. The van der Waals surface area contributed by atoms with Crippen molar-refractivity contribution in [3.8, 4) is 0 Å². The summed E-state index contributed by atoms with van der Waals surface area (Å²) in [4.78, 5) is 12.6. The molecule has 0 saturated heterocycles. The molecule has 0 fully saturated rings. The van der Waals surface area contributed by atoms with Crippen LogP contribution < -0.4 is 5.32 Å². The predicted molar refractivity (Wildman–Crippen MR) is 94.5 cm³/mol. The first kappa shape index (κ1) is 16.3. The van der Waals surface area contributed by atoms with Gasteiger partial charge < -0.3 is 0 Å². The number of hydrogen-bond acceptors (Lipinski definition) is 5. The van der Waals surface area contributed by atoms with Gasteiger partial charge in [-0.15, -0.1) is 10.2 Å². The topological polar surface area (TPSA) is 72.7 Å². The van der Waals surface area contributed by atoms with E-state index in [-0.39, 0.29) is 5.91 Å². The number of nitrogens with zero attached hydrogens (tertiary/aromatic N) is 4. The van der Waals surface area contributed by atoms with Crippen LogP contribution in [0.5, 0.6) is 0 Å². The maximum absolute atomic E-state index is 12.6. The van der Waals surface area contributed by atoms with Gasteiger partial charge in [0.25, 0.3) is 5.91 Å². The molecule has 0 radical (unpaired) electrons. The molecule has 0 aliphatic carbocycles. The van der Waals surface area contributed by atoms with Crippen molar-refractivity contribution in [2.24, 2.45) is 0 Å². The van der Waals surface area contributed by atoms with Crippen molar-refractivity contribution >= 4 is 22.4 Å². The number of rotatable bonds is 5. The summed E-state index contributed by atoms with van der Waals surface area (Å²) in [7, 11) is 0. The maximum Gasteiger partial charge on any atom is 0.261 e. The Morgan fingerprint density at radius 3 is 2.62 bits per heavy atom. The molecule has 0 aliphatic heterocycles. The molecule has 1 amide bonds. The van der Waals surface area contributed by atoms with Gasteiger partial charge >= 0.3 is 0 Å². The van der Waals surface area contributed by atoms with Crippen LogP contribution in [0.15, 0.2) is 30.3 Å². The van der Waals surface area contributed by atoms with Gasteiger partial charge in [0.05, 0.1) is 17.8 Å². The van der Waals surface area contributed by atoms with Gasteiger partial charge in [-0.25, -0.2) is 0 Å². The molecule has 124 valence electrons. The van der Waals surface area contributed by atoms with E-state index >= 15 is 0 Å². The van der Waals surface area contributed by atoms with E-state index < -0.39 is 0 Å². The van der Waals surface area contributed by atoms with Gasteiger partial charge in [-0.05, 0) is 25.8 Å². The third-order valence-corrected chi connectivity index (χ3v) is 4.76. The number of anilines is 1. The highest BCUT2D eigenvalue weighted by molar-refractivity contribution is 7.15. The van der Waals surface area contributed by atoms with Crippen molar-refractivity contribution in [3.63, 3.8) is 0 Å². The molecule has 3 rings (SSSR count). The minimum Gasteiger partial charge on any atom is -0.296 e. The Morgan fingerprint density at radius 2 is 1.96 bits per heavy atom. The average molecular weight is 341 g/mol. The molecule has 1 aromatic carbocycles. The molecule has 2 heterocycles. The Bertz CT molecular complexity index is 853. The van der Waals surface area contributed by atoms with E-state index in [0.717, 1.165) is 22.7 Å². The van der Waals surface area contributed by atoms with Crippen LogP contribution in [0.1, 0.15) is 39.2 Å². The van der Waals surface area contributed by atoms with E-state index in [9.17, 15) is 4.79 Å². The van der Waals surface area contributed by atoms with Gasteiger partial charge in [0.1, 0.15) is 5.01 Å². The summed E-state index contributed by atoms with van der Waals surface area (Å²) in [5.74, 6) is -0.192. The van der Waals surface area contributed by atoms with Gasteiger partial charge in [0.2, 0.25) is 5.13 Å². The molecular formula is C17H19N5OS. The summed E-state index contributed by atoms with van der Waals surface area (Å²) in [6, 6.07) is 10.1. The Morgan fingerprint density at radius 1 is 1.21 bits per heavy atom. The summed E-state index contributed by atoms with van der Waals surface area (Å²) in [5, 5.41) is 16.8. The fourth-order valence-electron chi connectivity index (χ4n) is 2.54. The van der Waals surface area contributed by atoms with Crippen molar-refractivity contribution in [1.29, 1.82) is 0 Å². The van der Waals surface area contributed by atoms with E-state index in [1.807, 2.05) is 55.8 Å². The minimum atomic E-state index is -0.192. The number of aryl methyl sites for hydroxylation is 2. The monoisotopic (exact) mass is 341 g/mol. The molecule has 0 bridgehead atoms. The highest BCUT2D eigenvalue weighted by atomic mass is 32.1. The van der Waals surface area contributed by atoms with E-state index in [0.29, 0.717) is 22.9 Å². The first-order valence-corrected chi connectivity index (χ1v) is 8.61. The van der Waals surface area contributed by atoms with Crippen LogP contribution in [-0.2, 0) is 13.0 Å². The Kier molecular flexibility index (Phi) is 4.71. The first-order valence-electron chi connectivity index (χ1n) is 7.80. The highest BCUT2D eigenvalue weighted by Gasteiger charge is 2.20. The number of benzene rings is 1. The van der Waals surface area contributed by atoms with Crippen molar-refractivity contribution < 1.29 is 4.79 Å². The van der Waals surface area contributed by atoms with Crippen molar-refractivity contribution in [3.05, 3.63) is 57.9 Å². The third kappa shape index (κ3) is 3.35. The molecule has 0 aliphatic rings. The number of carbonyl (C=O) groups is 1. The number of carbonyl (C=O) groups excluding carboxylic acids is 1. The predicted octanol–water partition coefficient (Wildman–Crippen LogP) is 3.21. The lowest BCUT2D eigenvalue weighted by Crippen LogP contribution is -2.14. The van der Waals surface area contributed by atoms with E-state index in [2.05, 4.69) is 20.6 Å². The van der Waals surface area contributed by atoms with E-state index in [4.69, 9.17) is 0 Å². The summed E-state index contributed by atoms with van der Waals surface area (Å²) in [5.41, 5.74) is 3.29. The zero-order valence-corrected chi connectivity index (χ0v) is 14.7. The fourth-order valence-corrected chi connectivity index (χ4v) is 3.22. The van der Waals surface area contributed by atoms with Crippen LogP contribution in [-0.4, -0.2) is 25.9 Å². The summed E-state index contributed by atoms with van der Waals surface area (Å²) >= 11 is 1.40. The zero-order chi connectivity index (χ0) is 17.1. The molecule has 24 heavy (non-hydrogen) atoms. The minimum absolute atomic E-state index is 0.192. The second-order valence-corrected chi connectivity index (χ2v) is 6.56. The van der Waals surface area contributed by atoms with Crippen molar-refractivity contribution in [2.45, 2.75) is 33.7 Å².